The van der Waals surface area contributed by atoms with Crippen molar-refractivity contribution in [3.05, 3.63) is 93.2 Å². The van der Waals surface area contributed by atoms with Gasteiger partial charge in [0.05, 0.1) is 19.8 Å². The molecule has 0 fully saturated rings. The Balaban J connectivity index is 0.00000504. The Kier molecular flexibility index (Phi) is 10.5. The van der Waals surface area contributed by atoms with Crippen molar-refractivity contribution in [2.45, 2.75) is 0 Å². The summed E-state index contributed by atoms with van der Waals surface area (Å²) in [6, 6.07) is 15.4. The van der Waals surface area contributed by atoms with Crippen LogP contribution in [-0.2, 0) is 9.13 Å². The summed E-state index contributed by atoms with van der Waals surface area (Å²) in [5, 5.41) is 20.6. The molecule has 51 heavy (non-hydrogen) atoms. The molecule has 6 aromatic rings. The number of ether oxygens (including phenoxy) is 2. The van der Waals surface area contributed by atoms with Gasteiger partial charge in [0, 0.05) is 47.0 Å². The molecule has 16 nitrogen and oxygen atoms in total. The van der Waals surface area contributed by atoms with Crippen LogP contribution in [0.4, 0.5) is 0 Å². The molecule has 4 aromatic carbocycles. The van der Waals surface area contributed by atoms with Gasteiger partial charge in [-0.3, -0.25) is 29.2 Å². The van der Waals surface area contributed by atoms with Crippen molar-refractivity contribution in [3.8, 4) is 68.3 Å². The van der Waals surface area contributed by atoms with Gasteiger partial charge < -0.3 is 37.6 Å². The molecule has 0 unspecified atom stereocenters. The van der Waals surface area contributed by atoms with E-state index in [0.29, 0.717) is 11.3 Å². The molecule has 2 heterocycles. The van der Waals surface area contributed by atoms with Crippen LogP contribution in [0, 0.1) is 0 Å². The number of hydrogen-bond donors (Lipinski definition) is 6. The summed E-state index contributed by atoms with van der Waals surface area (Å²) < 4.78 is 55.7. The number of hydrogen-bond acceptors (Lipinski definition) is 12. The van der Waals surface area contributed by atoms with Crippen LogP contribution in [0.5, 0.6) is 34.5 Å². The van der Waals surface area contributed by atoms with E-state index in [-0.39, 0.29) is 85.5 Å². The number of phenolic OH excluding ortho intramolecular Hbond substituents is 2. The number of aromatic hydroxyl groups is 2. The van der Waals surface area contributed by atoms with Crippen LogP contribution in [0.3, 0.4) is 0 Å². The average molecular weight is 750 g/mol. The van der Waals surface area contributed by atoms with E-state index < -0.39 is 49.5 Å². The Labute approximate surface area is 307 Å². The average Bonchev–Trinajstić information content (AvgIpc) is 3.02. The van der Waals surface area contributed by atoms with Crippen molar-refractivity contribution in [1.82, 2.24) is 0 Å². The molecule has 0 atom stereocenters. The van der Waals surface area contributed by atoms with Crippen molar-refractivity contribution in [3.63, 3.8) is 0 Å². The Hall–Kier alpha value is -4.60. The van der Waals surface area contributed by atoms with E-state index >= 15 is 0 Å². The van der Waals surface area contributed by atoms with E-state index in [4.69, 9.17) is 22.8 Å². The summed E-state index contributed by atoms with van der Waals surface area (Å²) in [4.78, 5) is 64.6. The number of fused-ring (bicyclic) bond motifs is 2. The zero-order valence-corrected chi connectivity index (χ0v) is 27.4. The second-order valence-corrected chi connectivity index (χ2v) is 12.9. The maximum atomic E-state index is 13.4. The Morgan fingerprint density at radius 1 is 0.608 bits per heavy atom. The molecular weight excluding hydrogens is 725 g/mol. The van der Waals surface area contributed by atoms with Crippen LogP contribution in [0.2, 0.25) is 0 Å². The third kappa shape index (κ3) is 7.85. The second kappa shape index (κ2) is 14.2. The molecule has 19 heteroatoms. The van der Waals surface area contributed by atoms with Gasteiger partial charge in [0.25, 0.3) is 0 Å². The number of phenols is 2. The molecule has 0 spiro atoms. The molecule has 0 aliphatic rings. The summed E-state index contributed by atoms with van der Waals surface area (Å²) in [7, 11) is -7.62. The zero-order chi connectivity index (χ0) is 36.1. The van der Waals surface area contributed by atoms with Crippen molar-refractivity contribution >= 4 is 67.1 Å². The second-order valence-electron chi connectivity index (χ2n) is 10.5. The van der Waals surface area contributed by atoms with Gasteiger partial charge in [-0.15, -0.1) is 0 Å². The number of benzene rings is 4. The fourth-order valence-electron chi connectivity index (χ4n) is 5.28. The molecule has 6 N–H and O–H groups in total. The summed E-state index contributed by atoms with van der Waals surface area (Å²) >= 11 is 0. The Bertz CT molecular complexity index is 2530. The van der Waals surface area contributed by atoms with Crippen LogP contribution in [0.15, 0.2) is 91.2 Å². The van der Waals surface area contributed by atoms with Gasteiger partial charge in [-0.2, -0.15) is 0 Å². The molecule has 6 rings (SSSR count). The van der Waals surface area contributed by atoms with Crippen LogP contribution in [0.25, 0.3) is 55.7 Å². The molecule has 0 radical (unpaired) electrons. The number of phosphoric ester groups is 2. The van der Waals surface area contributed by atoms with Gasteiger partial charge in [-0.05, 0) is 42.5 Å². The summed E-state index contributed by atoms with van der Waals surface area (Å²) in [5.74, 6) is -2.11. The molecule has 0 aliphatic heterocycles. The minimum atomic E-state index is -5.31. The SMILES string of the molecule is COc1ccc(-c2cc(=O)c3c(O)cc(OP(=O)(O)O)c(-c4cc(-c5cc(=O)c6c(O)cc(OP(=O)(O)O)cc6o5)ccc4OC)c3o2)cc1.[NaH]. The van der Waals surface area contributed by atoms with E-state index in [1.165, 1.54) is 32.4 Å². The van der Waals surface area contributed by atoms with Gasteiger partial charge >= 0.3 is 45.2 Å². The predicted molar refractivity (Wildman–Crippen MR) is 184 cm³/mol. The summed E-state index contributed by atoms with van der Waals surface area (Å²) in [5.41, 5.74) is -1.88. The van der Waals surface area contributed by atoms with Crippen molar-refractivity contribution in [2.24, 2.45) is 0 Å². The molecule has 0 amide bonds. The van der Waals surface area contributed by atoms with Crippen LogP contribution in [-0.4, -0.2) is 73.6 Å². The first-order valence-electron chi connectivity index (χ1n) is 14.0. The number of methoxy groups -OCH3 is 2. The Morgan fingerprint density at radius 3 is 1.80 bits per heavy atom. The van der Waals surface area contributed by atoms with Crippen LogP contribution < -0.4 is 29.4 Å². The normalized spacial score (nSPS) is 11.6. The van der Waals surface area contributed by atoms with Crippen molar-refractivity contribution in [2.75, 3.05) is 14.2 Å². The number of phosphoric acid groups is 2. The molecule has 260 valence electrons. The Morgan fingerprint density at radius 2 is 1.20 bits per heavy atom. The van der Waals surface area contributed by atoms with E-state index in [0.717, 1.165) is 30.3 Å². The van der Waals surface area contributed by atoms with Gasteiger partial charge in [0.15, 0.2) is 16.4 Å². The van der Waals surface area contributed by atoms with Gasteiger partial charge in [0.2, 0.25) is 0 Å². The van der Waals surface area contributed by atoms with Crippen molar-refractivity contribution < 1.29 is 66.3 Å². The van der Waals surface area contributed by atoms with E-state index in [1.54, 1.807) is 24.3 Å². The first-order chi connectivity index (χ1) is 23.5. The van der Waals surface area contributed by atoms with Gasteiger partial charge in [-0.1, -0.05) is 0 Å². The molecule has 0 bridgehead atoms. The molecule has 0 aliphatic carbocycles. The van der Waals surface area contributed by atoms with E-state index in [9.17, 15) is 48.5 Å². The summed E-state index contributed by atoms with van der Waals surface area (Å²) in [6.45, 7) is 0. The van der Waals surface area contributed by atoms with Crippen molar-refractivity contribution in [1.29, 1.82) is 0 Å². The maximum absolute atomic E-state index is 13.4. The van der Waals surface area contributed by atoms with E-state index in [1.807, 2.05) is 0 Å². The standard InChI is InChI=1S/C32H24O16P2.Na.H/c1-43-17-6-3-15(4-7-17)25-13-22(35)31-23(36)14-28(48-50(40,41)42)29(32(31)46-25)19-9-16(5-8-24(19)44-2)26-12-21(34)30-20(33)10-18(11-27(30)45-26)47-49(37,38)39;;/h3-14,33,36H,1-2H3,(H2,37,38,39)(H2,40,41,42);;. The fraction of sp³-hybridized carbons (Fsp3) is 0.0625. The minimum absolute atomic E-state index is 0. The van der Waals surface area contributed by atoms with E-state index in [2.05, 4.69) is 4.52 Å². The van der Waals surface area contributed by atoms with Gasteiger partial charge in [-0.25, -0.2) is 9.13 Å². The van der Waals surface area contributed by atoms with Gasteiger partial charge in [0.1, 0.15) is 62.4 Å². The first kappa shape index (κ1) is 37.7. The molecule has 2 aromatic heterocycles. The topological polar surface area (TPSA) is 253 Å². The quantitative estimate of drug-likeness (QED) is 0.0870. The third-order valence-corrected chi connectivity index (χ3v) is 8.18. The predicted octanol–water partition coefficient (Wildman–Crippen LogP) is 4.62. The fourth-order valence-corrected chi connectivity index (χ4v) is 6.06. The third-order valence-electron chi connectivity index (χ3n) is 7.30. The van der Waals surface area contributed by atoms with Crippen LogP contribution in [0.1, 0.15) is 0 Å². The molecular formula is C32H25NaO16P2. The summed E-state index contributed by atoms with van der Waals surface area (Å²) in [6.07, 6.45) is 0. The molecule has 0 saturated heterocycles. The first-order valence-corrected chi connectivity index (χ1v) is 17.1. The zero-order valence-electron chi connectivity index (χ0n) is 25.6. The molecule has 0 saturated carbocycles. The number of rotatable bonds is 9. The monoisotopic (exact) mass is 750 g/mol. The van der Waals surface area contributed by atoms with Crippen LogP contribution >= 0.6 is 15.6 Å².